The molecule has 0 amide bonds. The van der Waals surface area contributed by atoms with E-state index in [9.17, 15) is 0 Å². The van der Waals surface area contributed by atoms with E-state index in [0.717, 1.165) is 12.3 Å². The Kier molecular flexibility index (Phi) is 5.61. The van der Waals surface area contributed by atoms with E-state index in [1.165, 1.54) is 44.3 Å². The lowest BCUT2D eigenvalue weighted by Crippen LogP contribution is -2.41. The molecule has 2 heterocycles. The molecule has 2 N–H and O–H groups in total. The highest BCUT2D eigenvalue weighted by atomic mass is 15.3. The normalized spacial score (nSPS) is 24.3. The third kappa shape index (κ3) is 3.61. The summed E-state index contributed by atoms with van der Waals surface area (Å²) in [7, 11) is 1.98. The van der Waals surface area contributed by atoms with Crippen molar-refractivity contribution < 1.29 is 0 Å². The number of likely N-dealkylation sites (tertiary alicyclic amines) is 1. The number of aryl methyl sites for hydroxylation is 1. The SMILES string of the molecule is CCC1CCCN(C(c2cnn(C)c2)C(N)CC)CC1. The monoisotopic (exact) mass is 278 g/mol. The van der Waals surface area contributed by atoms with Crippen molar-refractivity contribution in [1.29, 1.82) is 0 Å². The summed E-state index contributed by atoms with van der Waals surface area (Å²) < 4.78 is 1.89. The third-order valence-electron chi connectivity index (χ3n) is 4.80. The maximum absolute atomic E-state index is 6.43. The maximum Gasteiger partial charge on any atom is 0.0538 e. The van der Waals surface area contributed by atoms with Crippen LogP contribution in [0.3, 0.4) is 0 Å². The fraction of sp³-hybridized carbons (Fsp3) is 0.812. The second-order valence-electron chi connectivity index (χ2n) is 6.21. The molecule has 0 radical (unpaired) electrons. The second-order valence-corrected chi connectivity index (χ2v) is 6.21. The topological polar surface area (TPSA) is 47.1 Å². The largest absolute Gasteiger partial charge is 0.326 e. The molecule has 0 spiro atoms. The van der Waals surface area contributed by atoms with Gasteiger partial charge in [0, 0.05) is 24.8 Å². The Balaban J connectivity index is 2.14. The summed E-state index contributed by atoms with van der Waals surface area (Å²) in [6.07, 6.45) is 10.4. The Morgan fingerprint density at radius 2 is 2.15 bits per heavy atom. The summed E-state index contributed by atoms with van der Waals surface area (Å²) >= 11 is 0. The Morgan fingerprint density at radius 3 is 2.75 bits per heavy atom. The van der Waals surface area contributed by atoms with Gasteiger partial charge in [-0.05, 0) is 44.7 Å². The standard InChI is InChI=1S/C16H30N4/c1-4-13-7-6-9-20(10-8-13)16(15(17)5-2)14-11-18-19(3)12-14/h11-13,15-16H,4-10,17H2,1-3H3. The second kappa shape index (κ2) is 7.23. The van der Waals surface area contributed by atoms with E-state index >= 15 is 0 Å². The van der Waals surface area contributed by atoms with Crippen molar-refractivity contribution in [2.45, 2.75) is 58.0 Å². The number of hydrogen-bond acceptors (Lipinski definition) is 3. The zero-order chi connectivity index (χ0) is 14.5. The summed E-state index contributed by atoms with van der Waals surface area (Å²) in [5.74, 6) is 0.896. The van der Waals surface area contributed by atoms with Gasteiger partial charge in [0.15, 0.2) is 0 Å². The highest BCUT2D eigenvalue weighted by Crippen LogP contribution is 2.29. The summed E-state index contributed by atoms with van der Waals surface area (Å²) in [5.41, 5.74) is 7.70. The summed E-state index contributed by atoms with van der Waals surface area (Å²) in [6.45, 7) is 6.84. The van der Waals surface area contributed by atoms with Gasteiger partial charge in [0.25, 0.3) is 0 Å². The molecule has 2 rings (SSSR count). The van der Waals surface area contributed by atoms with Crippen LogP contribution in [0.25, 0.3) is 0 Å². The van der Waals surface area contributed by atoms with Gasteiger partial charge in [-0.2, -0.15) is 5.10 Å². The number of nitrogens with two attached hydrogens (primary N) is 1. The first kappa shape index (κ1) is 15.5. The van der Waals surface area contributed by atoms with Crippen LogP contribution in [0.2, 0.25) is 0 Å². The molecule has 0 aromatic carbocycles. The van der Waals surface area contributed by atoms with Gasteiger partial charge in [-0.1, -0.05) is 20.3 Å². The van der Waals surface area contributed by atoms with E-state index in [1.54, 1.807) is 0 Å². The summed E-state index contributed by atoms with van der Waals surface area (Å²) in [5, 5.41) is 4.34. The van der Waals surface area contributed by atoms with Crippen LogP contribution in [0, 0.1) is 5.92 Å². The Bertz CT molecular complexity index is 401. The highest BCUT2D eigenvalue weighted by Gasteiger charge is 2.28. The predicted molar refractivity (Wildman–Crippen MR) is 83.4 cm³/mol. The van der Waals surface area contributed by atoms with Crippen LogP contribution in [0.1, 0.15) is 57.6 Å². The lowest BCUT2D eigenvalue weighted by atomic mass is 9.97. The molecule has 3 unspecified atom stereocenters. The first-order valence-corrected chi connectivity index (χ1v) is 8.13. The van der Waals surface area contributed by atoms with E-state index in [4.69, 9.17) is 5.73 Å². The van der Waals surface area contributed by atoms with E-state index in [1.807, 2.05) is 17.9 Å². The van der Waals surface area contributed by atoms with Gasteiger partial charge >= 0.3 is 0 Å². The van der Waals surface area contributed by atoms with Crippen molar-refractivity contribution >= 4 is 0 Å². The van der Waals surface area contributed by atoms with E-state index in [0.29, 0.717) is 6.04 Å². The number of aromatic nitrogens is 2. The molecule has 0 aliphatic carbocycles. The van der Waals surface area contributed by atoms with Crippen molar-refractivity contribution in [3.8, 4) is 0 Å². The maximum atomic E-state index is 6.43. The fourth-order valence-electron chi connectivity index (χ4n) is 3.42. The van der Waals surface area contributed by atoms with Crippen molar-refractivity contribution in [2.75, 3.05) is 13.1 Å². The van der Waals surface area contributed by atoms with Crippen molar-refractivity contribution in [1.82, 2.24) is 14.7 Å². The fourth-order valence-corrected chi connectivity index (χ4v) is 3.42. The van der Waals surface area contributed by atoms with Crippen LogP contribution in [-0.2, 0) is 7.05 Å². The van der Waals surface area contributed by atoms with Crippen LogP contribution in [-0.4, -0.2) is 33.8 Å². The zero-order valence-electron chi connectivity index (χ0n) is 13.3. The molecule has 4 heteroatoms. The lowest BCUT2D eigenvalue weighted by Gasteiger charge is -2.34. The molecule has 1 aliphatic rings. The van der Waals surface area contributed by atoms with Crippen LogP contribution in [0.15, 0.2) is 12.4 Å². The molecule has 20 heavy (non-hydrogen) atoms. The molecule has 1 aliphatic heterocycles. The van der Waals surface area contributed by atoms with Crippen molar-refractivity contribution in [3.63, 3.8) is 0 Å². The van der Waals surface area contributed by atoms with Crippen molar-refractivity contribution in [3.05, 3.63) is 18.0 Å². The average molecular weight is 278 g/mol. The van der Waals surface area contributed by atoms with Crippen LogP contribution < -0.4 is 5.73 Å². The molecule has 1 fully saturated rings. The van der Waals surface area contributed by atoms with Gasteiger partial charge in [-0.15, -0.1) is 0 Å². The molecule has 0 bridgehead atoms. The molecule has 114 valence electrons. The smallest absolute Gasteiger partial charge is 0.0538 e. The molecule has 1 saturated heterocycles. The Morgan fingerprint density at radius 1 is 1.35 bits per heavy atom. The minimum absolute atomic E-state index is 0.192. The van der Waals surface area contributed by atoms with E-state index < -0.39 is 0 Å². The number of hydrogen-bond donors (Lipinski definition) is 1. The van der Waals surface area contributed by atoms with Gasteiger partial charge in [0.2, 0.25) is 0 Å². The molecule has 3 atom stereocenters. The van der Waals surface area contributed by atoms with E-state index in [2.05, 4.69) is 30.0 Å². The van der Waals surface area contributed by atoms with Crippen LogP contribution >= 0.6 is 0 Å². The molecule has 1 aromatic rings. The van der Waals surface area contributed by atoms with Gasteiger partial charge in [-0.3, -0.25) is 9.58 Å². The molecule has 1 aromatic heterocycles. The minimum atomic E-state index is 0.192. The van der Waals surface area contributed by atoms with Crippen LogP contribution in [0.4, 0.5) is 0 Å². The molecular weight excluding hydrogens is 248 g/mol. The van der Waals surface area contributed by atoms with Gasteiger partial charge in [0.05, 0.1) is 12.2 Å². The first-order valence-electron chi connectivity index (χ1n) is 8.13. The first-order chi connectivity index (χ1) is 9.65. The molecule has 0 saturated carbocycles. The Hall–Kier alpha value is -0.870. The highest BCUT2D eigenvalue weighted by molar-refractivity contribution is 5.13. The van der Waals surface area contributed by atoms with Crippen molar-refractivity contribution in [2.24, 2.45) is 18.7 Å². The van der Waals surface area contributed by atoms with Crippen LogP contribution in [0.5, 0.6) is 0 Å². The van der Waals surface area contributed by atoms with E-state index in [-0.39, 0.29) is 6.04 Å². The number of nitrogens with zero attached hydrogens (tertiary/aromatic N) is 3. The molecular formula is C16H30N4. The summed E-state index contributed by atoms with van der Waals surface area (Å²) in [4.78, 5) is 2.60. The number of rotatable bonds is 5. The van der Waals surface area contributed by atoms with Gasteiger partial charge in [-0.25, -0.2) is 0 Å². The Labute approximate surface area is 123 Å². The molecule has 4 nitrogen and oxygen atoms in total. The average Bonchev–Trinajstić information content (AvgIpc) is 2.74. The minimum Gasteiger partial charge on any atom is -0.326 e. The third-order valence-corrected chi connectivity index (χ3v) is 4.80. The predicted octanol–water partition coefficient (Wildman–Crippen LogP) is 2.71. The van der Waals surface area contributed by atoms with Gasteiger partial charge < -0.3 is 5.73 Å². The quantitative estimate of drug-likeness (QED) is 0.901. The summed E-state index contributed by atoms with van der Waals surface area (Å²) in [6, 6.07) is 0.515. The van der Waals surface area contributed by atoms with Gasteiger partial charge in [0.1, 0.15) is 0 Å². The zero-order valence-corrected chi connectivity index (χ0v) is 13.3. The lowest BCUT2D eigenvalue weighted by molar-refractivity contribution is 0.173.